The van der Waals surface area contributed by atoms with Crippen LogP contribution in [0.4, 0.5) is 5.82 Å². The molecule has 128 valence electrons. The quantitative estimate of drug-likeness (QED) is 0.833. The summed E-state index contributed by atoms with van der Waals surface area (Å²) in [6.45, 7) is 5.57. The highest BCUT2D eigenvalue weighted by Gasteiger charge is 2.23. The summed E-state index contributed by atoms with van der Waals surface area (Å²) in [5.41, 5.74) is 0.261. The van der Waals surface area contributed by atoms with Crippen LogP contribution < -0.4 is 4.90 Å². The minimum absolute atomic E-state index is 0.250. The van der Waals surface area contributed by atoms with E-state index in [0.717, 1.165) is 57.9 Å². The van der Waals surface area contributed by atoms with Gasteiger partial charge >= 0.3 is 0 Å². The van der Waals surface area contributed by atoms with E-state index in [1.807, 2.05) is 17.0 Å². The van der Waals surface area contributed by atoms with Gasteiger partial charge < -0.3 is 9.80 Å². The van der Waals surface area contributed by atoms with E-state index in [2.05, 4.69) is 14.8 Å². The lowest BCUT2D eigenvalue weighted by molar-refractivity contribution is -0.133. The number of carbonyl (C=O) groups is 1. The van der Waals surface area contributed by atoms with Gasteiger partial charge in [0.2, 0.25) is 5.91 Å². The molecule has 0 unspecified atom stereocenters. The number of pyridine rings is 1. The smallest absolute Gasteiger partial charge is 0.236 e. The highest BCUT2D eigenvalue weighted by atomic mass is 35.5. The lowest BCUT2D eigenvalue weighted by Crippen LogP contribution is -2.50. The van der Waals surface area contributed by atoms with Crippen molar-refractivity contribution in [3.8, 4) is 6.07 Å². The molecule has 7 heteroatoms. The zero-order valence-electron chi connectivity index (χ0n) is 13.7. The van der Waals surface area contributed by atoms with Crippen LogP contribution in [0.1, 0.15) is 25.0 Å². The van der Waals surface area contributed by atoms with Crippen molar-refractivity contribution in [3.63, 3.8) is 0 Å². The highest BCUT2D eigenvalue weighted by Crippen LogP contribution is 2.20. The Hall–Kier alpha value is -1.84. The maximum Gasteiger partial charge on any atom is 0.236 e. The van der Waals surface area contributed by atoms with Crippen molar-refractivity contribution < 1.29 is 4.79 Å². The SMILES string of the molecule is N#Cc1nc(N2CCN(CC(=O)N3CCCCC3)CC2)ccc1Cl. The number of carbonyl (C=O) groups excluding carboxylic acids is 1. The van der Waals surface area contributed by atoms with Crippen molar-refractivity contribution >= 4 is 23.3 Å². The van der Waals surface area contributed by atoms with Gasteiger partial charge in [0, 0.05) is 39.3 Å². The maximum atomic E-state index is 12.3. The fourth-order valence-corrected chi connectivity index (χ4v) is 3.40. The third kappa shape index (κ3) is 3.97. The monoisotopic (exact) mass is 347 g/mol. The molecular weight excluding hydrogens is 326 g/mol. The molecule has 0 spiro atoms. The molecule has 0 saturated carbocycles. The summed E-state index contributed by atoms with van der Waals surface area (Å²) < 4.78 is 0. The van der Waals surface area contributed by atoms with Gasteiger partial charge in [-0.1, -0.05) is 11.6 Å². The summed E-state index contributed by atoms with van der Waals surface area (Å²) in [7, 11) is 0. The number of likely N-dealkylation sites (tertiary alicyclic amines) is 1. The Kier molecular flexibility index (Phi) is 5.54. The lowest BCUT2D eigenvalue weighted by Gasteiger charge is -2.36. The number of piperazine rings is 1. The molecule has 1 aromatic heterocycles. The summed E-state index contributed by atoms with van der Waals surface area (Å²) in [5.74, 6) is 1.03. The first-order chi connectivity index (χ1) is 11.7. The molecule has 1 amide bonds. The van der Waals surface area contributed by atoms with E-state index in [4.69, 9.17) is 16.9 Å². The number of aromatic nitrogens is 1. The second-order valence-electron chi connectivity index (χ2n) is 6.32. The average molecular weight is 348 g/mol. The average Bonchev–Trinajstić information content (AvgIpc) is 2.63. The predicted octanol–water partition coefficient (Wildman–Crippen LogP) is 1.74. The fraction of sp³-hybridized carbons (Fsp3) is 0.588. The first-order valence-electron chi connectivity index (χ1n) is 8.49. The molecule has 2 aliphatic rings. The Bertz CT molecular complexity index is 630. The number of hydrogen-bond acceptors (Lipinski definition) is 5. The number of hydrogen-bond donors (Lipinski definition) is 0. The second kappa shape index (κ2) is 7.82. The standard InChI is InChI=1S/C17H22ClN5O/c18-14-4-5-16(20-15(14)12-19)22-10-8-21(9-11-22)13-17(24)23-6-2-1-3-7-23/h4-5H,1-3,6-11,13H2. The molecule has 0 aromatic carbocycles. The van der Waals surface area contributed by atoms with Crippen LogP contribution in [-0.2, 0) is 4.79 Å². The van der Waals surface area contributed by atoms with Crippen molar-refractivity contribution in [1.29, 1.82) is 5.26 Å². The molecule has 0 aliphatic carbocycles. The van der Waals surface area contributed by atoms with E-state index in [-0.39, 0.29) is 11.6 Å². The number of amides is 1. The molecule has 0 atom stereocenters. The largest absolute Gasteiger partial charge is 0.354 e. The summed E-state index contributed by atoms with van der Waals surface area (Å²) in [6, 6.07) is 5.58. The van der Waals surface area contributed by atoms with Crippen LogP contribution in [0, 0.1) is 11.3 Å². The summed E-state index contributed by atoms with van der Waals surface area (Å²) >= 11 is 5.94. The van der Waals surface area contributed by atoms with Crippen LogP contribution in [0.3, 0.4) is 0 Å². The zero-order valence-corrected chi connectivity index (χ0v) is 14.5. The second-order valence-corrected chi connectivity index (χ2v) is 6.72. The normalized spacial score (nSPS) is 19.2. The first kappa shape index (κ1) is 17.0. The summed E-state index contributed by atoms with van der Waals surface area (Å²) in [6.07, 6.45) is 3.49. The minimum atomic E-state index is 0.250. The molecule has 2 aliphatic heterocycles. The number of nitrogens with zero attached hydrogens (tertiary/aromatic N) is 5. The van der Waals surface area contributed by atoms with Crippen LogP contribution >= 0.6 is 11.6 Å². The van der Waals surface area contributed by atoms with E-state index in [0.29, 0.717) is 11.6 Å². The van der Waals surface area contributed by atoms with E-state index in [1.165, 1.54) is 6.42 Å². The molecular formula is C17H22ClN5O. The van der Waals surface area contributed by atoms with Crippen molar-refractivity contribution in [2.45, 2.75) is 19.3 Å². The van der Waals surface area contributed by atoms with Gasteiger partial charge in [0.05, 0.1) is 11.6 Å². The summed E-state index contributed by atoms with van der Waals surface area (Å²) in [4.78, 5) is 23.0. The highest BCUT2D eigenvalue weighted by molar-refractivity contribution is 6.31. The van der Waals surface area contributed by atoms with E-state index in [9.17, 15) is 4.79 Å². The fourth-order valence-electron chi connectivity index (χ4n) is 3.26. The van der Waals surface area contributed by atoms with Gasteiger partial charge in [-0.05, 0) is 31.4 Å². The number of anilines is 1. The van der Waals surface area contributed by atoms with Crippen molar-refractivity contribution in [2.24, 2.45) is 0 Å². The molecule has 0 bridgehead atoms. The molecule has 0 N–H and O–H groups in total. The van der Waals surface area contributed by atoms with Crippen LogP contribution in [0.5, 0.6) is 0 Å². The molecule has 3 heterocycles. The molecule has 2 fully saturated rings. The molecule has 2 saturated heterocycles. The van der Waals surface area contributed by atoms with Gasteiger partial charge in [-0.3, -0.25) is 9.69 Å². The Balaban J connectivity index is 1.52. The molecule has 3 rings (SSSR count). The van der Waals surface area contributed by atoms with Gasteiger partial charge in [0.1, 0.15) is 11.9 Å². The van der Waals surface area contributed by atoms with Gasteiger partial charge in [0.25, 0.3) is 0 Å². The van der Waals surface area contributed by atoms with Gasteiger partial charge in [-0.2, -0.15) is 5.26 Å². The molecule has 1 aromatic rings. The van der Waals surface area contributed by atoms with Crippen LogP contribution in [0.2, 0.25) is 5.02 Å². The topological polar surface area (TPSA) is 63.5 Å². The van der Waals surface area contributed by atoms with Gasteiger partial charge in [0.15, 0.2) is 5.69 Å². The predicted molar refractivity (Wildman–Crippen MR) is 93.0 cm³/mol. The van der Waals surface area contributed by atoms with E-state index in [1.54, 1.807) is 6.07 Å². The van der Waals surface area contributed by atoms with Crippen LogP contribution in [-0.4, -0.2) is 66.5 Å². The first-order valence-corrected chi connectivity index (χ1v) is 8.87. The molecule has 0 radical (unpaired) electrons. The lowest BCUT2D eigenvalue weighted by atomic mass is 10.1. The molecule has 6 nitrogen and oxygen atoms in total. The zero-order chi connectivity index (χ0) is 16.9. The Morgan fingerprint density at radius 3 is 2.50 bits per heavy atom. The third-order valence-electron chi connectivity index (χ3n) is 4.70. The van der Waals surface area contributed by atoms with Crippen molar-refractivity contribution in [2.75, 3.05) is 50.7 Å². The van der Waals surface area contributed by atoms with Crippen molar-refractivity contribution in [1.82, 2.24) is 14.8 Å². The maximum absolute atomic E-state index is 12.3. The van der Waals surface area contributed by atoms with Crippen LogP contribution in [0.25, 0.3) is 0 Å². The van der Waals surface area contributed by atoms with Crippen molar-refractivity contribution in [3.05, 3.63) is 22.8 Å². The van der Waals surface area contributed by atoms with Gasteiger partial charge in [-0.25, -0.2) is 4.98 Å². The Morgan fingerprint density at radius 2 is 1.83 bits per heavy atom. The summed E-state index contributed by atoms with van der Waals surface area (Å²) in [5, 5.41) is 9.42. The number of piperidine rings is 1. The molecule has 24 heavy (non-hydrogen) atoms. The van der Waals surface area contributed by atoms with E-state index >= 15 is 0 Å². The number of halogens is 1. The van der Waals surface area contributed by atoms with Gasteiger partial charge in [-0.15, -0.1) is 0 Å². The minimum Gasteiger partial charge on any atom is -0.354 e. The third-order valence-corrected chi connectivity index (χ3v) is 5.01. The number of nitriles is 1. The van der Waals surface area contributed by atoms with E-state index < -0.39 is 0 Å². The Morgan fingerprint density at radius 1 is 1.12 bits per heavy atom. The Labute approximate surface area is 147 Å². The van der Waals surface area contributed by atoms with Crippen LogP contribution in [0.15, 0.2) is 12.1 Å². The number of rotatable bonds is 3.